The van der Waals surface area contributed by atoms with E-state index in [1.54, 1.807) is 28.8 Å². The molecule has 0 unspecified atom stereocenters. The third-order valence-corrected chi connectivity index (χ3v) is 6.31. The first kappa shape index (κ1) is 25.5. The van der Waals surface area contributed by atoms with Crippen LogP contribution in [0, 0.1) is 5.82 Å². The predicted octanol–water partition coefficient (Wildman–Crippen LogP) is 5.47. The van der Waals surface area contributed by atoms with Crippen molar-refractivity contribution in [1.29, 1.82) is 0 Å². The molecule has 3 rings (SSSR count). The number of carbonyl (C=O) groups excluding carboxylic acids is 2. The Morgan fingerprint density at radius 2 is 1.50 bits per heavy atom. The summed E-state index contributed by atoms with van der Waals surface area (Å²) in [5.41, 5.74) is 1.75. The van der Waals surface area contributed by atoms with Crippen LogP contribution >= 0.6 is 11.8 Å². The first-order valence-corrected chi connectivity index (χ1v) is 12.5. The second-order valence-corrected chi connectivity index (χ2v) is 9.60. The lowest BCUT2D eigenvalue weighted by atomic mass is 10.0. The molecule has 0 radical (unpaired) electrons. The SMILES string of the molecule is CC(C)NC(=O)[C@@H](Cc1ccccc1)N(Cc1ccc(F)cc1)C(=O)CCSc1ccccc1. The standard InChI is InChI=1S/C28H31FN2O2S/c1-21(2)30-28(33)26(19-22-9-5-3-6-10-22)31(20-23-13-15-24(29)16-14-23)27(32)17-18-34-25-11-7-4-8-12-25/h3-16,21,26H,17-20H2,1-2H3,(H,30,33)/t26-/m1/s1. The summed E-state index contributed by atoms with van der Waals surface area (Å²) in [6.07, 6.45) is 0.694. The van der Waals surface area contributed by atoms with Gasteiger partial charge in [0.25, 0.3) is 0 Å². The molecule has 6 heteroatoms. The van der Waals surface area contributed by atoms with Crippen molar-refractivity contribution in [2.75, 3.05) is 5.75 Å². The van der Waals surface area contributed by atoms with E-state index >= 15 is 0 Å². The van der Waals surface area contributed by atoms with Crippen LogP contribution in [-0.4, -0.2) is 34.6 Å². The highest BCUT2D eigenvalue weighted by Gasteiger charge is 2.30. The molecular weight excluding hydrogens is 447 g/mol. The van der Waals surface area contributed by atoms with Crippen LogP contribution in [0.5, 0.6) is 0 Å². The van der Waals surface area contributed by atoms with Crippen molar-refractivity contribution in [1.82, 2.24) is 10.2 Å². The zero-order valence-corrected chi connectivity index (χ0v) is 20.4. The van der Waals surface area contributed by atoms with Crippen molar-refractivity contribution >= 4 is 23.6 Å². The summed E-state index contributed by atoms with van der Waals surface area (Å²) in [6, 6.07) is 25.0. The number of nitrogens with one attached hydrogen (secondary N) is 1. The molecule has 0 spiro atoms. The summed E-state index contributed by atoms with van der Waals surface area (Å²) >= 11 is 1.61. The topological polar surface area (TPSA) is 49.4 Å². The fourth-order valence-corrected chi connectivity index (χ4v) is 4.50. The maximum absolute atomic E-state index is 13.5. The van der Waals surface area contributed by atoms with Gasteiger partial charge in [0.05, 0.1) is 0 Å². The molecule has 3 aromatic rings. The zero-order valence-electron chi connectivity index (χ0n) is 19.6. The minimum atomic E-state index is -0.677. The third kappa shape index (κ3) is 8.03. The van der Waals surface area contributed by atoms with E-state index in [4.69, 9.17) is 0 Å². The number of rotatable bonds is 11. The van der Waals surface area contributed by atoms with Crippen LogP contribution in [-0.2, 0) is 22.6 Å². The van der Waals surface area contributed by atoms with E-state index < -0.39 is 6.04 Å². The number of carbonyl (C=O) groups is 2. The number of amides is 2. The molecule has 0 aliphatic carbocycles. The molecule has 0 heterocycles. The number of halogens is 1. The highest BCUT2D eigenvalue weighted by molar-refractivity contribution is 7.99. The molecule has 0 bridgehead atoms. The maximum atomic E-state index is 13.5. The van der Waals surface area contributed by atoms with Crippen LogP contribution in [0.15, 0.2) is 89.8 Å². The highest BCUT2D eigenvalue weighted by Crippen LogP contribution is 2.21. The first-order chi connectivity index (χ1) is 16.4. The molecule has 3 aromatic carbocycles. The van der Waals surface area contributed by atoms with Gasteiger partial charge in [0.1, 0.15) is 11.9 Å². The molecule has 0 saturated heterocycles. The average molecular weight is 479 g/mol. The third-order valence-electron chi connectivity index (χ3n) is 5.30. The van der Waals surface area contributed by atoms with Gasteiger partial charge >= 0.3 is 0 Å². The fraction of sp³-hybridized carbons (Fsp3) is 0.286. The van der Waals surface area contributed by atoms with Crippen LogP contribution in [0.1, 0.15) is 31.4 Å². The van der Waals surface area contributed by atoms with Gasteiger partial charge in [0.2, 0.25) is 11.8 Å². The lowest BCUT2D eigenvalue weighted by molar-refractivity contribution is -0.141. The molecule has 0 aromatic heterocycles. The quantitative estimate of drug-likeness (QED) is 0.372. The van der Waals surface area contributed by atoms with Gasteiger partial charge in [0, 0.05) is 36.1 Å². The molecule has 0 fully saturated rings. The predicted molar refractivity (Wildman–Crippen MR) is 136 cm³/mol. The number of hydrogen-bond donors (Lipinski definition) is 1. The van der Waals surface area contributed by atoms with E-state index in [2.05, 4.69) is 5.32 Å². The molecule has 2 amide bonds. The Hall–Kier alpha value is -3.12. The van der Waals surface area contributed by atoms with E-state index in [1.807, 2.05) is 74.5 Å². The summed E-state index contributed by atoms with van der Waals surface area (Å²) < 4.78 is 13.5. The summed E-state index contributed by atoms with van der Waals surface area (Å²) in [5, 5.41) is 2.98. The number of nitrogens with zero attached hydrogens (tertiary/aromatic N) is 1. The molecule has 178 valence electrons. The normalized spacial score (nSPS) is 11.8. The van der Waals surface area contributed by atoms with Crippen molar-refractivity contribution in [3.8, 4) is 0 Å². The zero-order chi connectivity index (χ0) is 24.3. The van der Waals surface area contributed by atoms with Gasteiger partial charge in [-0.05, 0) is 49.2 Å². The lowest BCUT2D eigenvalue weighted by Gasteiger charge is -2.32. The van der Waals surface area contributed by atoms with Gasteiger partial charge in [0.15, 0.2) is 0 Å². The Morgan fingerprint density at radius 3 is 2.12 bits per heavy atom. The van der Waals surface area contributed by atoms with Crippen LogP contribution in [0.4, 0.5) is 4.39 Å². The van der Waals surface area contributed by atoms with Gasteiger partial charge in [-0.15, -0.1) is 11.8 Å². The van der Waals surface area contributed by atoms with E-state index in [-0.39, 0.29) is 30.2 Å². The molecule has 1 atom stereocenters. The largest absolute Gasteiger partial charge is 0.352 e. The average Bonchev–Trinajstić information content (AvgIpc) is 2.83. The molecule has 34 heavy (non-hydrogen) atoms. The Bertz CT molecular complexity index is 1040. The van der Waals surface area contributed by atoms with Gasteiger partial charge in [-0.2, -0.15) is 0 Å². The molecule has 0 aliphatic heterocycles. The van der Waals surface area contributed by atoms with Gasteiger partial charge in [-0.3, -0.25) is 9.59 Å². The monoisotopic (exact) mass is 478 g/mol. The summed E-state index contributed by atoms with van der Waals surface area (Å²) in [4.78, 5) is 29.5. The summed E-state index contributed by atoms with van der Waals surface area (Å²) in [6.45, 7) is 4.04. The van der Waals surface area contributed by atoms with Crippen molar-refractivity contribution in [3.05, 3.63) is 102 Å². The summed E-state index contributed by atoms with van der Waals surface area (Å²) in [5.74, 6) is -0.0241. The van der Waals surface area contributed by atoms with Crippen molar-refractivity contribution in [3.63, 3.8) is 0 Å². The van der Waals surface area contributed by atoms with E-state index in [0.29, 0.717) is 18.6 Å². The molecule has 1 N–H and O–H groups in total. The minimum absolute atomic E-state index is 0.0535. The Balaban J connectivity index is 1.84. The second-order valence-electron chi connectivity index (χ2n) is 8.43. The van der Waals surface area contributed by atoms with Crippen LogP contribution in [0.2, 0.25) is 0 Å². The van der Waals surface area contributed by atoms with Crippen LogP contribution in [0.3, 0.4) is 0 Å². The Morgan fingerprint density at radius 1 is 0.882 bits per heavy atom. The van der Waals surface area contributed by atoms with Gasteiger partial charge in [-0.25, -0.2) is 4.39 Å². The Kier molecular flexibility index (Phi) is 9.71. The second kappa shape index (κ2) is 12.9. The van der Waals surface area contributed by atoms with Gasteiger partial charge in [-0.1, -0.05) is 60.7 Å². The smallest absolute Gasteiger partial charge is 0.243 e. The van der Waals surface area contributed by atoms with Crippen molar-refractivity contribution in [2.45, 2.75) is 50.2 Å². The molecule has 0 saturated carbocycles. The van der Waals surface area contributed by atoms with Crippen molar-refractivity contribution in [2.24, 2.45) is 0 Å². The molecular formula is C28H31FN2O2S. The first-order valence-electron chi connectivity index (χ1n) is 11.5. The van der Waals surface area contributed by atoms with E-state index in [0.717, 1.165) is 16.0 Å². The van der Waals surface area contributed by atoms with Crippen molar-refractivity contribution < 1.29 is 14.0 Å². The fourth-order valence-electron chi connectivity index (χ4n) is 3.64. The number of hydrogen-bond acceptors (Lipinski definition) is 3. The lowest BCUT2D eigenvalue weighted by Crippen LogP contribution is -2.51. The number of thioether (sulfide) groups is 1. The maximum Gasteiger partial charge on any atom is 0.243 e. The minimum Gasteiger partial charge on any atom is -0.352 e. The van der Waals surface area contributed by atoms with Crippen LogP contribution < -0.4 is 5.32 Å². The van der Waals surface area contributed by atoms with E-state index in [9.17, 15) is 14.0 Å². The molecule has 0 aliphatic rings. The Labute approximate surface area is 205 Å². The number of benzene rings is 3. The molecule has 4 nitrogen and oxygen atoms in total. The van der Waals surface area contributed by atoms with E-state index in [1.165, 1.54) is 12.1 Å². The van der Waals surface area contributed by atoms with Crippen LogP contribution in [0.25, 0.3) is 0 Å². The summed E-state index contributed by atoms with van der Waals surface area (Å²) in [7, 11) is 0. The highest BCUT2D eigenvalue weighted by atomic mass is 32.2. The van der Waals surface area contributed by atoms with Gasteiger partial charge < -0.3 is 10.2 Å².